The highest BCUT2D eigenvalue weighted by Gasteiger charge is 2.50. The SMILES string of the molecule is COC(=O)CN1C(=O)N[C@](C)(c2ccccc2Br)C1=O. The lowest BCUT2D eigenvalue weighted by molar-refractivity contribution is -0.145. The number of hydrogen-bond acceptors (Lipinski definition) is 4. The molecule has 1 aromatic rings. The highest BCUT2D eigenvalue weighted by molar-refractivity contribution is 9.10. The number of carbonyl (C=O) groups excluding carboxylic acids is 3. The van der Waals surface area contributed by atoms with Crippen LogP contribution in [-0.4, -0.2) is 36.5 Å². The quantitative estimate of drug-likeness (QED) is 0.666. The number of nitrogens with zero attached hydrogens (tertiary/aromatic N) is 1. The average molecular weight is 341 g/mol. The first-order valence-electron chi connectivity index (χ1n) is 5.86. The number of benzene rings is 1. The van der Waals surface area contributed by atoms with Gasteiger partial charge in [-0.2, -0.15) is 0 Å². The van der Waals surface area contributed by atoms with E-state index >= 15 is 0 Å². The molecule has 1 aromatic carbocycles. The smallest absolute Gasteiger partial charge is 0.325 e. The van der Waals surface area contributed by atoms with Crippen molar-refractivity contribution in [3.63, 3.8) is 0 Å². The summed E-state index contributed by atoms with van der Waals surface area (Å²) in [4.78, 5) is 36.5. The monoisotopic (exact) mass is 340 g/mol. The Morgan fingerprint density at radius 2 is 2.05 bits per heavy atom. The fourth-order valence-electron chi connectivity index (χ4n) is 2.08. The summed E-state index contributed by atoms with van der Waals surface area (Å²) < 4.78 is 5.19. The van der Waals surface area contributed by atoms with Crippen LogP contribution in [0.2, 0.25) is 0 Å². The zero-order valence-corrected chi connectivity index (χ0v) is 12.6. The average Bonchev–Trinajstić information content (AvgIpc) is 2.63. The standard InChI is InChI=1S/C13H13BrN2O4/c1-13(8-5-3-4-6-9(8)14)11(18)16(12(19)15-13)7-10(17)20-2/h3-6H,7H2,1-2H3,(H,15,19)/t13-/m1/s1. The van der Waals surface area contributed by atoms with E-state index in [4.69, 9.17) is 0 Å². The van der Waals surface area contributed by atoms with E-state index in [0.29, 0.717) is 10.0 Å². The molecule has 3 amide bonds. The van der Waals surface area contributed by atoms with Crippen LogP contribution in [-0.2, 0) is 19.9 Å². The van der Waals surface area contributed by atoms with Crippen molar-refractivity contribution in [1.82, 2.24) is 10.2 Å². The highest BCUT2D eigenvalue weighted by Crippen LogP contribution is 2.33. The number of imide groups is 1. The second-order valence-corrected chi connectivity index (χ2v) is 5.36. The molecule has 1 aliphatic rings. The molecule has 0 radical (unpaired) electrons. The Morgan fingerprint density at radius 3 is 2.65 bits per heavy atom. The maximum atomic E-state index is 12.5. The van der Waals surface area contributed by atoms with Crippen LogP contribution >= 0.6 is 15.9 Å². The van der Waals surface area contributed by atoms with Crippen LogP contribution in [0.3, 0.4) is 0 Å². The number of nitrogens with one attached hydrogen (secondary N) is 1. The third-order valence-electron chi connectivity index (χ3n) is 3.20. The Morgan fingerprint density at radius 1 is 1.40 bits per heavy atom. The second kappa shape index (κ2) is 5.24. The Hall–Kier alpha value is -1.89. The van der Waals surface area contributed by atoms with Crippen LogP contribution in [0, 0.1) is 0 Å². The van der Waals surface area contributed by atoms with Crippen LogP contribution in [0.4, 0.5) is 4.79 Å². The molecule has 6 nitrogen and oxygen atoms in total. The van der Waals surface area contributed by atoms with Gasteiger partial charge in [0.05, 0.1) is 7.11 Å². The molecule has 2 rings (SSSR count). The first kappa shape index (κ1) is 14.5. The predicted molar refractivity (Wildman–Crippen MR) is 73.8 cm³/mol. The van der Waals surface area contributed by atoms with Crippen molar-refractivity contribution in [2.24, 2.45) is 0 Å². The second-order valence-electron chi connectivity index (χ2n) is 4.50. The van der Waals surface area contributed by atoms with E-state index in [1.807, 2.05) is 6.07 Å². The Balaban J connectivity index is 2.36. The fourth-order valence-corrected chi connectivity index (χ4v) is 2.76. The summed E-state index contributed by atoms with van der Waals surface area (Å²) in [6, 6.07) is 6.49. The summed E-state index contributed by atoms with van der Waals surface area (Å²) in [6.07, 6.45) is 0. The molecule has 7 heteroatoms. The van der Waals surface area contributed by atoms with Gasteiger partial charge in [-0.15, -0.1) is 0 Å². The summed E-state index contributed by atoms with van der Waals surface area (Å²) in [5.41, 5.74) is -0.573. The van der Waals surface area contributed by atoms with Crippen LogP contribution in [0.15, 0.2) is 28.7 Å². The normalized spacial score (nSPS) is 21.9. The number of esters is 1. The van der Waals surface area contributed by atoms with Crippen molar-refractivity contribution in [3.05, 3.63) is 34.3 Å². The van der Waals surface area contributed by atoms with E-state index in [1.165, 1.54) is 7.11 Å². The van der Waals surface area contributed by atoms with Crippen molar-refractivity contribution < 1.29 is 19.1 Å². The molecule has 0 bridgehead atoms. The van der Waals surface area contributed by atoms with E-state index < -0.39 is 30.0 Å². The fraction of sp³-hybridized carbons (Fsp3) is 0.308. The number of amides is 3. The molecule has 1 N–H and O–H groups in total. The van der Waals surface area contributed by atoms with Crippen LogP contribution in [0.25, 0.3) is 0 Å². The van der Waals surface area contributed by atoms with Crippen molar-refractivity contribution in [2.45, 2.75) is 12.5 Å². The molecule has 1 aliphatic heterocycles. The molecule has 1 saturated heterocycles. The minimum atomic E-state index is -1.20. The van der Waals surface area contributed by atoms with E-state index in [-0.39, 0.29) is 0 Å². The molecule has 0 saturated carbocycles. The lowest BCUT2D eigenvalue weighted by atomic mass is 9.92. The summed E-state index contributed by atoms with van der Waals surface area (Å²) >= 11 is 3.36. The van der Waals surface area contributed by atoms with E-state index in [1.54, 1.807) is 25.1 Å². The number of methoxy groups -OCH3 is 1. The summed E-state index contributed by atoms with van der Waals surface area (Å²) in [5, 5.41) is 2.62. The van der Waals surface area contributed by atoms with Crippen LogP contribution in [0.5, 0.6) is 0 Å². The summed E-state index contributed by atoms with van der Waals surface area (Å²) in [6.45, 7) is 1.20. The van der Waals surface area contributed by atoms with Gasteiger partial charge in [0.25, 0.3) is 5.91 Å². The van der Waals surface area contributed by atoms with E-state index in [9.17, 15) is 14.4 Å². The molecule has 0 aromatic heterocycles. The Labute approximate surface area is 124 Å². The van der Waals surface area contributed by atoms with Crippen molar-refractivity contribution >= 4 is 33.8 Å². The third-order valence-corrected chi connectivity index (χ3v) is 3.89. The van der Waals surface area contributed by atoms with Gasteiger partial charge in [-0.1, -0.05) is 34.1 Å². The van der Waals surface area contributed by atoms with Gasteiger partial charge < -0.3 is 10.1 Å². The molecule has 20 heavy (non-hydrogen) atoms. The van der Waals surface area contributed by atoms with Crippen LogP contribution < -0.4 is 5.32 Å². The molecule has 1 atom stereocenters. The number of carbonyl (C=O) groups is 3. The predicted octanol–water partition coefficient (Wildman–Crippen LogP) is 1.39. The van der Waals surface area contributed by atoms with Crippen molar-refractivity contribution in [3.8, 4) is 0 Å². The number of halogens is 1. The van der Waals surface area contributed by atoms with Gasteiger partial charge >= 0.3 is 12.0 Å². The van der Waals surface area contributed by atoms with E-state index in [0.717, 1.165) is 4.90 Å². The summed E-state index contributed by atoms with van der Waals surface area (Å²) in [7, 11) is 1.20. The molecule has 0 spiro atoms. The lowest BCUT2D eigenvalue weighted by Gasteiger charge is -2.23. The zero-order valence-electron chi connectivity index (χ0n) is 11.0. The number of rotatable bonds is 3. The molecule has 106 valence electrons. The van der Waals surface area contributed by atoms with Gasteiger partial charge in [-0.3, -0.25) is 14.5 Å². The third kappa shape index (κ3) is 2.29. The minimum absolute atomic E-state index is 0.402. The molecule has 1 fully saturated rings. The zero-order chi connectivity index (χ0) is 14.9. The van der Waals surface area contributed by atoms with Crippen molar-refractivity contribution in [1.29, 1.82) is 0 Å². The molecular formula is C13H13BrN2O4. The maximum absolute atomic E-state index is 12.5. The van der Waals surface area contributed by atoms with Gasteiger partial charge in [0.1, 0.15) is 12.1 Å². The minimum Gasteiger partial charge on any atom is -0.468 e. The lowest BCUT2D eigenvalue weighted by Crippen LogP contribution is -2.41. The van der Waals surface area contributed by atoms with Gasteiger partial charge in [-0.25, -0.2) is 4.79 Å². The van der Waals surface area contributed by atoms with Crippen LogP contribution in [0.1, 0.15) is 12.5 Å². The van der Waals surface area contributed by atoms with Gasteiger partial charge in [-0.05, 0) is 13.0 Å². The largest absolute Gasteiger partial charge is 0.468 e. The van der Waals surface area contributed by atoms with Gasteiger partial charge in [0, 0.05) is 10.0 Å². The maximum Gasteiger partial charge on any atom is 0.325 e. The van der Waals surface area contributed by atoms with Gasteiger partial charge in [0.2, 0.25) is 0 Å². The molecule has 0 unspecified atom stereocenters. The Kier molecular flexibility index (Phi) is 3.80. The molecular weight excluding hydrogens is 328 g/mol. The number of ether oxygens (including phenoxy) is 1. The number of hydrogen-bond donors (Lipinski definition) is 1. The molecule has 1 heterocycles. The Bertz CT molecular complexity index is 589. The highest BCUT2D eigenvalue weighted by atomic mass is 79.9. The number of urea groups is 1. The molecule has 0 aliphatic carbocycles. The first-order valence-corrected chi connectivity index (χ1v) is 6.65. The van der Waals surface area contributed by atoms with E-state index in [2.05, 4.69) is 26.0 Å². The van der Waals surface area contributed by atoms with Crippen molar-refractivity contribution in [2.75, 3.05) is 13.7 Å². The van der Waals surface area contributed by atoms with Gasteiger partial charge in [0.15, 0.2) is 0 Å². The first-order chi connectivity index (χ1) is 9.40. The summed E-state index contributed by atoms with van der Waals surface area (Å²) in [5.74, 6) is -1.13. The topological polar surface area (TPSA) is 75.7 Å².